The molecule has 6 rings (SSSR count). The van der Waals surface area contributed by atoms with E-state index < -0.39 is 16.7 Å². The van der Waals surface area contributed by atoms with Gasteiger partial charge in [-0.05, 0) is 36.4 Å². The molecule has 2 amide bonds. The Kier molecular flexibility index (Phi) is 9.64. The number of carbonyl (C=O) groups excluding carboxylic acids is 2. The molecule has 2 aliphatic heterocycles. The fourth-order valence-corrected chi connectivity index (χ4v) is 6.49. The molecule has 2 aliphatic rings. The van der Waals surface area contributed by atoms with Crippen LogP contribution in [0.4, 0.5) is 21.6 Å². The number of primary amides is 2. The van der Waals surface area contributed by atoms with E-state index in [0.717, 1.165) is 72.8 Å². The number of nitrogens with two attached hydrogens (primary N) is 3. The third-order valence-electron chi connectivity index (χ3n) is 6.90. The first-order chi connectivity index (χ1) is 21.2. The van der Waals surface area contributed by atoms with Gasteiger partial charge in [-0.2, -0.15) is 0 Å². The van der Waals surface area contributed by atoms with E-state index in [1.807, 2.05) is 24.3 Å². The molecule has 2 fully saturated rings. The number of aromatic nitrogens is 2. The number of nitrogens with zero attached hydrogens (tertiary/aromatic N) is 5. The third-order valence-corrected chi connectivity index (χ3v) is 9.05. The van der Waals surface area contributed by atoms with E-state index in [4.69, 9.17) is 26.7 Å². The van der Waals surface area contributed by atoms with Crippen LogP contribution < -0.4 is 27.0 Å². The van der Waals surface area contributed by atoms with Crippen molar-refractivity contribution in [2.75, 3.05) is 68.1 Å². The molecular formula is C28H30N8O6S2. The Hall–Kier alpha value is -4.64. The van der Waals surface area contributed by atoms with Gasteiger partial charge in [0.25, 0.3) is 11.8 Å². The lowest BCUT2D eigenvalue weighted by Crippen LogP contribution is -2.36. The van der Waals surface area contributed by atoms with Crippen LogP contribution in [0.15, 0.2) is 48.8 Å². The second-order valence-corrected chi connectivity index (χ2v) is 11.8. The summed E-state index contributed by atoms with van der Waals surface area (Å²) in [5.41, 5.74) is 18.2. The third kappa shape index (κ3) is 7.11. The van der Waals surface area contributed by atoms with Crippen LogP contribution in [0.5, 0.6) is 0 Å². The van der Waals surface area contributed by atoms with Gasteiger partial charge in [0, 0.05) is 59.5 Å². The topological polar surface area (TPSA) is 206 Å². The fourth-order valence-electron chi connectivity index (χ4n) is 4.60. The molecule has 0 aliphatic carbocycles. The highest BCUT2D eigenvalue weighted by Gasteiger charge is 2.24. The zero-order valence-corrected chi connectivity index (χ0v) is 25.1. The van der Waals surface area contributed by atoms with Crippen molar-refractivity contribution in [2.45, 2.75) is 0 Å². The summed E-state index contributed by atoms with van der Waals surface area (Å²) in [5.74, 6) is 0.449. The number of amides is 2. The van der Waals surface area contributed by atoms with Gasteiger partial charge in [0.15, 0.2) is 0 Å². The average molecular weight is 639 g/mol. The summed E-state index contributed by atoms with van der Waals surface area (Å²) in [6.07, 6.45) is 3.44. The van der Waals surface area contributed by atoms with Gasteiger partial charge in [-0.1, -0.05) is 11.3 Å². The number of ether oxygens (including phenoxy) is 2. The average Bonchev–Trinajstić information content (AvgIpc) is 3.68. The Balaban J connectivity index is 0.000000175. The number of hydrogen-bond acceptors (Lipinski definition) is 13. The lowest BCUT2D eigenvalue weighted by atomic mass is 10.2. The summed E-state index contributed by atoms with van der Waals surface area (Å²) in [6.45, 7) is 6.06. The highest BCUT2D eigenvalue weighted by atomic mass is 32.1. The van der Waals surface area contributed by atoms with Gasteiger partial charge in [-0.3, -0.25) is 19.7 Å². The van der Waals surface area contributed by atoms with Crippen molar-refractivity contribution >= 4 is 56.1 Å². The van der Waals surface area contributed by atoms with Gasteiger partial charge in [-0.25, -0.2) is 9.97 Å². The Labute approximate surface area is 260 Å². The van der Waals surface area contributed by atoms with Crippen molar-refractivity contribution < 1.29 is 24.0 Å². The van der Waals surface area contributed by atoms with Crippen molar-refractivity contribution in [2.24, 2.45) is 11.5 Å². The van der Waals surface area contributed by atoms with E-state index in [2.05, 4.69) is 19.8 Å². The molecule has 0 radical (unpaired) electrons. The molecule has 0 bridgehead atoms. The molecule has 44 heavy (non-hydrogen) atoms. The summed E-state index contributed by atoms with van der Waals surface area (Å²) in [4.78, 5) is 47.6. The monoisotopic (exact) mass is 638 g/mol. The zero-order chi connectivity index (χ0) is 31.2. The van der Waals surface area contributed by atoms with E-state index in [1.54, 1.807) is 18.5 Å². The number of rotatable bonds is 7. The van der Waals surface area contributed by atoms with Crippen LogP contribution in [-0.4, -0.2) is 79.3 Å². The maximum Gasteiger partial charge on any atom is 0.337 e. The minimum absolute atomic E-state index is 0.0766. The molecular weight excluding hydrogens is 608 g/mol. The molecule has 6 N–H and O–H groups in total. The van der Waals surface area contributed by atoms with Crippen LogP contribution in [0, 0.1) is 10.1 Å². The van der Waals surface area contributed by atoms with E-state index in [-0.39, 0.29) is 10.6 Å². The zero-order valence-electron chi connectivity index (χ0n) is 23.5. The van der Waals surface area contributed by atoms with Gasteiger partial charge in [-0.15, -0.1) is 11.3 Å². The van der Waals surface area contributed by atoms with Crippen LogP contribution in [0.3, 0.4) is 0 Å². The van der Waals surface area contributed by atoms with Gasteiger partial charge in [0.1, 0.15) is 17.2 Å². The highest BCUT2D eigenvalue weighted by Crippen LogP contribution is 2.37. The number of thiophene rings is 2. The number of pyridine rings is 2. The largest absolute Gasteiger partial charge is 0.390 e. The lowest BCUT2D eigenvalue weighted by Gasteiger charge is -2.27. The summed E-state index contributed by atoms with van der Waals surface area (Å²) in [6, 6.07) is 10.8. The molecule has 6 heterocycles. The first kappa shape index (κ1) is 30.8. The summed E-state index contributed by atoms with van der Waals surface area (Å²) in [7, 11) is 0. The molecule has 4 aromatic rings. The predicted molar refractivity (Wildman–Crippen MR) is 169 cm³/mol. The molecule has 0 aromatic carbocycles. The molecule has 0 spiro atoms. The van der Waals surface area contributed by atoms with Crippen LogP contribution in [0.25, 0.3) is 20.9 Å². The molecule has 14 nitrogen and oxygen atoms in total. The minimum atomic E-state index is -0.808. The normalized spacial score (nSPS) is 14.9. The van der Waals surface area contributed by atoms with Crippen molar-refractivity contribution in [3.63, 3.8) is 0 Å². The second kappa shape index (κ2) is 13.8. The predicted octanol–water partition coefficient (Wildman–Crippen LogP) is 2.98. The maximum atomic E-state index is 11.3. The molecule has 2 saturated heterocycles. The minimum Gasteiger partial charge on any atom is -0.390 e. The molecule has 4 aromatic heterocycles. The van der Waals surface area contributed by atoms with Crippen LogP contribution in [0.2, 0.25) is 0 Å². The molecule has 0 atom stereocenters. The van der Waals surface area contributed by atoms with Gasteiger partial charge in [0.05, 0.1) is 41.9 Å². The molecule has 230 valence electrons. The fraction of sp³-hybridized carbons (Fsp3) is 0.286. The van der Waals surface area contributed by atoms with Crippen molar-refractivity contribution in [3.05, 3.63) is 70.0 Å². The van der Waals surface area contributed by atoms with E-state index >= 15 is 0 Å². The van der Waals surface area contributed by atoms with Crippen LogP contribution in [-0.2, 0) is 9.47 Å². The van der Waals surface area contributed by atoms with Crippen molar-refractivity contribution in [3.8, 4) is 20.9 Å². The number of nitrogen functional groups attached to an aromatic ring is 1. The summed E-state index contributed by atoms with van der Waals surface area (Å²) in [5, 5.41) is 11.2. The summed E-state index contributed by atoms with van der Waals surface area (Å²) >= 11 is 2.26. The maximum absolute atomic E-state index is 11.3. The smallest absolute Gasteiger partial charge is 0.337 e. The number of carbonyl (C=O) groups is 2. The van der Waals surface area contributed by atoms with Crippen LogP contribution >= 0.6 is 22.7 Å². The molecule has 0 unspecified atom stereocenters. The van der Waals surface area contributed by atoms with Crippen LogP contribution in [0.1, 0.15) is 20.7 Å². The quantitative estimate of drug-likeness (QED) is 0.198. The first-order valence-corrected chi connectivity index (χ1v) is 15.2. The number of hydrogen-bond donors (Lipinski definition) is 3. The van der Waals surface area contributed by atoms with Gasteiger partial charge < -0.3 is 36.5 Å². The van der Waals surface area contributed by atoms with Gasteiger partial charge in [0.2, 0.25) is 0 Å². The Morgan fingerprint density at radius 3 is 1.59 bits per heavy atom. The van der Waals surface area contributed by atoms with E-state index in [0.29, 0.717) is 34.2 Å². The van der Waals surface area contributed by atoms with Crippen molar-refractivity contribution in [1.29, 1.82) is 0 Å². The Bertz CT molecular complexity index is 1600. The number of morpholine rings is 2. The van der Waals surface area contributed by atoms with Crippen molar-refractivity contribution in [1.82, 2.24) is 9.97 Å². The highest BCUT2D eigenvalue weighted by molar-refractivity contribution is 7.19. The Morgan fingerprint density at radius 2 is 1.23 bits per heavy atom. The summed E-state index contributed by atoms with van der Waals surface area (Å²) < 4.78 is 10.6. The van der Waals surface area contributed by atoms with Gasteiger partial charge >= 0.3 is 5.00 Å². The number of nitro groups is 1. The van der Waals surface area contributed by atoms with E-state index in [9.17, 15) is 19.7 Å². The number of anilines is 3. The first-order valence-electron chi connectivity index (χ1n) is 13.6. The lowest BCUT2D eigenvalue weighted by molar-refractivity contribution is -0.380. The van der Waals surface area contributed by atoms with E-state index in [1.165, 1.54) is 17.4 Å². The molecule has 0 saturated carbocycles. The Morgan fingerprint density at radius 1 is 0.773 bits per heavy atom. The SMILES string of the molecule is NC(=O)c1cc(-c2ccc(N3CCOCC3)nc2)sc1N.NC(=O)c1cc(-c2ccc(N3CCOCC3)nc2)sc1[N+](=O)[O-]. The second-order valence-electron chi connectivity index (χ2n) is 9.71. The standard InChI is InChI=1S/C14H14N4O4S.C14H16N4O2S/c15-13(19)10-7-11(23-14(10)18(20)21)9-1-2-12(16-8-9)17-3-5-22-6-4-17;15-13(19)10-7-11(21-14(10)16)9-1-2-12(17-8-9)18-3-5-20-6-4-18/h1-2,7-8H,3-6H2,(H2,15,19);1-2,7-8H,3-6,16H2,(H2,15,19). The molecule has 16 heteroatoms.